The van der Waals surface area contributed by atoms with Gasteiger partial charge in [-0.25, -0.2) is 4.98 Å². The van der Waals surface area contributed by atoms with Crippen molar-refractivity contribution < 1.29 is 0 Å². The fraction of sp³-hybridized carbons (Fsp3) is 0.191. The molecule has 2 heterocycles. The average molecular weight is 676 g/mol. The molecule has 0 bridgehead atoms. The Morgan fingerprint density at radius 2 is 0.942 bits per heavy atom. The fourth-order valence-corrected chi connectivity index (χ4v) is 8.39. The summed E-state index contributed by atoms with van der Waals surface area (Å²) in [6.07, 6.45) is 5.46. The zero-order valence-corrected chi connectivity index (χ0v) is 30.5. The maximum Gasteiger partial charge on any atom is 0.0889 e. The Labute approximate surface area is 306 Å². The second kappa shape index (κ2) is 11.5. The second-order valence-electron chi connectivity index (χ2n) is 15.7. The number of nitrogens with zero attached hydrogens (tertiary/aromatic N) is 5. The summed E-state index contributed by atoms with van der Waals surface area (Å²) in [6, 6.07) is 43.9. The van der Waals surface area contributed by atoms with Gasteiger partial charge in [-0.3, -0.25) is 15.0 Å². The minimum absolute atomic E-state index is 0.103. The van der Waals surface area contributed by atoms with Gasteiger partial charge in [0.1, 0.15) is 0 Å². The van der Waals surface area contributed by atoms with Crippen LogP contribution in [0.3, 0.4) is 0 Å². The first-order chi connectivity index (χ1) is 25.0. The summed E-state index contributed by atoms with van der Waals surface area (Å²) in [6.45, 7) is 13.3. The summed E-state index contributed by atoms with van der Waals surface area (Å²) >= 11 is 0. The first kappa shape index (κ1) is 32.0. The number of hydrogen-bond acceptors (Lipinski definition) is 5. The molecular formula is C47H41N5. The number of anilines is 3. The van der Waals surface area contributed by atoms with E-state index in [1.54, 1.807) is 12.4 Å². The Kier molecular flexibility index (Phi) is 7.10. The summed E-state index contributed by atoms with van der Waals surface area (Å²) in [5.41, 5.74) is 15.8. The molecule has 0 aliphatic heterocycles. The number of fused-ring (bicyclic) bond motifs is 5. The van der Waals surface area contributed by atoms with E-state index in [-0.39, 0.29) is 5.41 Å². The third-order valence-electron chi connectivity index (χ3n) is 11.3. The smallest absolute Gasteiger partial charge is 0.0889 e. The Balaban J connectivity index is 1.13. The van der Waals surface area contributed by atoms with Gasteiger partial charge in [-0.1, -0.05) is 98.8 Å². The predicted octanol–water partition coefficient (Wildman–Crippen LogP) is 11.3. The molecule has 0 saturated carbocycles. The Hall–Kier alpha value is -5.94. The van der Waals surface area contributed by atoms with Crippen molar-refractivity contribution in [2.45, 2.75) is 57.8 Å². The topological polar surface area (TPSA) is 54.8 Å². The van der Waals surface area contributed by atoms with Crippen molar-refractivity contribution >= 4 is 17.1 Å². The van der Waals surface area contributed by atoms with Gasteiger partial charge in [0.2, 0.25) is 0 Å². The molecule has 2 aromatic heterocycles. The van der Waals surface area contributed by atoms with Gasteiger partial charge in [0.25, 0.3) is 0 Å². The minimum atomic E-state index is -0.429. The Morgan fingerprint density at radius 3 is 1.62 bits per heavy atom. The number of benzene rings is 5. The highest BCUT2D eigenvalue weighted by Crippen LogP contribution is 2.51. The van der Waals surface area contributed by atoms with Crippen LogP contribution >= 0.6 is 0 Å². The van der Waals surface area contributed by atoms with Gasteiger partial charge in [-0.2, -0.15) is 0 Å². The minimum Gasteiger partial charge on any atom is -0.310 e. The summed E-state index contributed by atoms with van der Waals surface area (Å²) in [5, 5.41) is 0. The van der Waals surface area contributed by atoms with Crippen LogP contribution in [-0.2, 0) is 16.2 Å². The lowest BCUT2D eigenvalue weighted by Gasteiger charge is -2.39. The van der Waals surface area contributed by atoms with E-state index in [4.69, 9.17) is 19.9 Å². The zero-order chi connectivity index (χ0) is 35.8. The monoisotopic (exact) mass is 675 g/mol. The Bertz CT molecular complexity index is 2480. The first-order valence-corrected chi connectivity index (χ1v) is 18.1. The molecule has 2 aliphatic rings. The highest BCUT2D eigenvalue weighted by Gasteiger charge is 2.46. The van der Waals surface area contributed by atoms with Crippen LogP contribution in [0, 0.1) is 0 Å². The SMILES string of the molecule is CC1(C)c2ccccc2-c2ccc(N(c3ccc(-c4ccccc4)cc3)c3ccc(-c4cnc5c(n4)C(C)(C)c4nccnc4C5(C)C)cc3)cc21. The summed E-state index contributed by atoms with van der Waals surface area (Å²) in [7, 11) is 0. The molecule has 5 aromatic carbocycles. The fourth-order valence-electron chi connectivity index (χ4n) is 8.39. The van der Waals surface area contributed by atoms with Crippen molar-refractivity contribution in [3.63, 3.8) is 0 Å². The highest BCUT2D eigenvalue weighted by atomic mass is 15.1. The molecule has 0 N–H and O–H groups in total. The van der Waals surface area contributed by atoms with E-state index in [0.717, 1.165) is 51.1 Å². The second-order valence-corrected chi connectivity index (χ2v) is 15.7. The van der Waals surface area contributed by atoms with Gasteiger partial charge < -0.3 is 4.90 Å². The van der Waals surface area contributed by atoms with E-state index < -0.39 is 10.8 Å². The molecule has 0 radical (unpaired) electrons. The summed E-state index contributed by atoms with van der Waals surface area (Å²) in [4.78, 5) is 22.2. The first-order valence-electron chi connectivity index (χ1n) is 18.1. The molecule has 9 rings (SSSR count). The van der Waals surface area contributed by atoms with Gasteiger partial charge in [0.15, 0.2) is 0 Å². The quantitative estimate of drug-likeness (QED) is 0.182. The van der Waals surface area contributed by atoms with Crippen molar-refractivity contribution in [2.24, 2.45) is 0 Å². The number of rotatable bonds is 5. The van der Waals surface area contributed by atoms with Crippen LogP contribution in [0.15, 0.2) is 140 Å². The van der Waals surface area contributed by atoms with Crippen LogP contribution in [0.5, 0.6) is 0 Å². The molecule has 0 atom stereocenters. The lowest BCUT2D eigenvalue weighted by Crippen LogP contribution is -2.40. The standard InChI is InChI=1S/C47H41N5/c1-45(2)38-15-11-10-14-36(38)37-25-24-35(28-39(37)45)52(33-20-16-31(17-21-33)30-12-8-7-9-13-30)34-22-18-32(19-23-34)40-29-50-43-44(51-40)47(5,6)42-41(46(43,3)4)48-26-27-49-42/h7-29H,1-6H3. The van der Waals surface area contributed by atoms with Crippen molar-refractivity contribution in [1.29, 1.82) is 0 Å². The Morgan fingerprint density at radius 1 is 0.423 bits per heavy atom. The molecule has 0 spiro atoms. The highest BCUT2D eigenvalue weighted by molar-refractivity contribution is 5.86. The molecule has 0 amide bonds. The third kappa shape index (κ3) is 4.83. The molecule has 0 unspecified atom stereocenters. The molecule has 2 aliphatic carbocycles. The van der Waals surface area contributed by atoms with Crippen molar-refractivity contribution in [3.8, 4) is 33.5 Å². The molecule has 52 heavy (non-hydrogen) atoms. The van der Waals surface area contributed by atoms with E-state index >= 15 is 0 Å². The van der Waals surface area contributed by atoms with Crippen molar-refractivity contribution in [3.05, 3.63) is 174 Å². The van der Waals surface area contributed by atoms with Crippen molar-refractivity contribution in [2.75, 3.05) is 4.90 Å². The normalized spacial score (nSPS) is 15.6. The molecule has 5 heteroatoms. The van der Waals surface area contributed by atoms with Crippen LogP contribution in [0.4, 0.5) is 17.1 Å². The van der Waals surface area contributed by atoms with Gasteiger partial charge in [-0.15, -0.1) is 0 Å². The van der Waals surface area contributed by atoms with E-state index in [1.807, 2.05) is 6.20 Å². The summed E-state index contributed by atoms with van der Waals surface area (Å²) in [5.74, 6) is 0. The van der Waals surface area contributed by atoms with Gasteiger partial charge in [-0.05, 0) is 97.5 Å². The zero-order valence-electron chi connectivity index (χ0n) is 30.5. The molecule has 0 fully saturated rings. The lowest BCUT2D eigenvalue weighted by molar-refractivity contribution is 0.463. The van der Waals surface area contributed by atoms with E-state index in [0.29, 0.717) is 0 Å². The largest absolute Gasteiger partial charge is 0.310 e. The number of aromatic nitrogens is 4. The van der Waals surface area contributed by atoms with Crippen LogP contribution in [-0.4, -0.2) is 19.9 Å². The van der Waals surface area contributed by atoms with E-state index in [1.165, 1.54) is 33.4 Å². The van der Waals surface area contributed by atoms with Gasteiger partial charge in [0, 0.05) is 40.4 Å². The van der Waals surface area contributed by atoms with E-state index in [9.17, 15) is 0 Å². The molecule has 5 nitrogen and oxygen atoms in total. The lowest BCUT2D eigenvalue weighted by atomic mass is 9.67. The van der Waals surface area contributed by atoms with Crippen LogP contribution in [0.25, 0.3) is 33.5 Å². The van der Waals surface area contributed by atoms with Crippen LogP contribution in [0.2, 0.25) is 0 Å². The predicted molar refractivity (Wildman–Crippen MR) is 211 cm³/mol. The average Bonchev–Trinajstić information content (AvgIpc) is 3.40. The molecule has 0 saturated heterocycles. The van der Waals surface area contributed by atoms with Gasteiger partial charge >= 0.3 is 0 Å². The van der Waals surface area contributed by atoms with Crippen LogP contribution in [0.1, 0.15) is 75.4 Å². The maximum absolute atomic E-state index is 5.29. The maximum atomic E-state index is 5.29. The van der Waals surface area contributed by atoms with Crippen LogP contribution < -0.4 is 4.90 Å². The number of hydrogen-bond donors (Lipinski definition) is 0. The summed E-state index contributed by atoms with van der Waals surface area (Å²) < 4.78 is 0. The molecule has 254 valence electrons. The third-order valence-corrected chi connectivity index (χ3v) is 11.3. The molecule has 7 aromatic rings. The van der Waals surface area contributed by atoms with E-state index in [2.05, 4.69) is 168 Å². The molecular weight excluding hydrogens is 635 g/mol. The van der Waals surface area contributed by atoms with Crippen molar-refractivity contribution in [1.82, 2.24) is 19.9 Å². The van der Waals surface area contributed by atoms with Gasteiger partial charge in [0.05, 0.1) is 45.5 Å².